The molecule has 3 heteroatoms. The molecule has 1 aromatic heterocycles. The Balaban J connectivity index is 2.12. The Morgan fingerprint density at radius 3 is 2.60 bits per heavy atom. The van der Waals surface area contributed by atoms with Gasteiger partial charge in [0.2, 0.25) is 0 Å². The van der Waals surface area contributed by atoms with Crippen LogP contribution in [0.2, 0.25) is 0 Å². The molecule has 20 heavy (non-hydrogen) atoms. The molecule has 1 N–H and O–H groups in total. The summed E-state index contributed by atoms with van der Waals surface area (Å²) in [6.45, 7) is 6.93. The molecule has 0 unspecified atom stereocenters. The molecule has 0 amide bonds. The number of nitrogens with one attached hydrogen (secondary N) is 1. The number of aromatic nitrogens is 1. The van der Waals surface area contributed by atoms with Gasteiger partial charge >= 0.3 is 0 Å². The van der Waals surface area contributed by atoms with Crippen molar-refractivity contribution in [1.82, 2.24) is 10.3 Å². The lowest BCUT2D eigenvalue weighted by Gasteiger charge is -2.21. The predicted molar refractivity (Wildman–Crippen MR) is 84.9 cm³/mol. The highest BCUT2D eigenvalue weighted by molar-refractivity contribution is 5.46. The number of pyridine rings is 1. The molecule has 3 nitrogen and oxygen atoms in total. The number of rotatable bonds is 6. The molecule has 0 spiro atoms. The van der Waals surface area contributed by atoms with Gasteiger partial charge in [-0.2, -0.15) is 0 Å². The van der Waals surface area contributed by atoms with Crippen LogP contribution < -0.4 is 10.2 Å². The Hall–Kier alpha value is -1.87. The van der Waals surface area contributed by atoms with Crippen molar-refractivity contribution < 1.29 is 0 Å². The molecule has 0 radical (unpaired) electrons. The van der Waals surface area contributed by atoms with Gasteiger partial charge in [-0.15, -0.1) is 0 Å². The molecule has 0 fully saturated rings. The van der Waals surface area contributed by atoms with Gasteiger partial charge in [0.15, 0.2) is 0 Å². The van der Waals surface area contributed by atoms with Gasteiger partial charge in [0.1, 0.15) is 5.82 Å². The molecular formula is C17H23N3. The highest BCUT2D eigenvalue weighted by Crippen LogP contribution is 2.18. The first-order chi connectivity index (χ1) is 9.70. The third-order valence-electron chi connectivity index (χ3n) is 3.33. The van der Waals surface area contributed by atoms with Crippen molar-refractivity contribution in [3.63, 3.8) is 0 Å². The van der Waals surface area contributed by atoms with Gasteiger partial charge in [-0.1, -0.05) is 42.8 Å². The van der Waals surface area contributed by atoms with Crippen molar-refractivity contribution in [3.05, 3.63) is 59.3 Å². The minimum Gasteiger partial charge on any atom is -0.355 e. The minimum absolute atomic E-state index is 0.859. The molecule has 0 saturated heterocycles. The minimum atomic E-state index is 0.859. The molecule has 1 heterocycles. The third-order valence-corrected chi connectivity index (χ3v) is 3.33. The molecule has 106 valence electrons. The molecule has 0 aliphatic rings. The zero-order valence-electron chi connectivity index (χ0n) is 12.6. The summed E-state index contributed by atoms with van der Waals surface area (Å²) in [7, 11) is 2.09. The van der Waals surface area contributed by atoms with E-state index in [1.165, 1.54) is 16.7 Å². The summed E-state index contributed by atoms with van der Waals surface area (Å²) in [5, 5.41) is 3.36. The van der Waals surface area contributed by atoms with Crippen molar-refractivity contribution in [2.75, 3.05) is 18.5 Å². The number of hydrogen-bond donors (Lipinski definition) is 1. The van der Waals surface area contributed by atoms with Gasteiger partial charge in [-0.3, -0.25) is 0 Å². The highest BCUT2D eigenvalue weighted by Gasteiger charge is 2.08. The summed E-state index contributed by atoms with van der Waals surface area (Å²) in [5.41, 5.74) is 3.84. The summed E-state index contributed by atoms with van der Waals surface area (Å²) in [4.78, 5) is 6.74. The van der Waals surface area contributed by atoms with E-state index in [1.807, 2.05) is 12.3 Å². The van der Waals surface area contributed by atoms with Crippen molar-refractivity contribution in [2.45, 2.75) is 26.9 Å². The zero-order valence-corrected chi connectivity index (χ0v) is 12.6. The predicted octanol–water partition coefficient (Wildman–Crippen LogP) is 3.14. The Bertz CT molecular complexity index is 534. The van der Waals surface area contributed by atoms with Crippen molar-refractivity contribution in [3.8, 4) is 0 Å². The number of aryl methyl sites for hydroxylation is 1. The van der Waals surface area contributed by atoms with E-state index in [4.69, 9.17) is 0 Å². The van der Waals surface area contributed by atoms with Crippen molar-refractivity contribution in [2.24, 2.45) is 0 Å². The molecule has 2 rings (SSSR count). The molecule has 0 bridgehead atoms. The largest absolute Gasteiger partial charge is 0.355 e. The Labute approximate surface area is 121 Å². The second kappa shape index (κ2) is 7.06. The smallest absolute Gasteiger partial charge is 0.133 e. The molecule has 0 saturated carbocycles. The number of hydrogen-bond acceptors (Lipinski definition) is 3. The van der Waals surface area contributed by atoms with Gasteiger partial charge in [0.25, 0.3) is 0 Å². The highest BCUT2D eigenvalue weighted by atomic mass is 15.2. The van der Waals surface area contributed by atoms with E-state index in [0.29, 0.717) is 0 Å². The fraction of sp³-hybridized carbons (Fsp3) is 0.353. The lowest BCUT2D eigenvalue weighted by molar-refractivity contribution is 0.719. The topological polar surface area (TPSA) is 28.2 Å². The maximum absolute atomic E-state index is 4.53. The maximum Gasteiger partial charge on any atom is 0.133 e. The van der Waals surface area contributed by atoms with Gasteiger partial charge in [0.05, 0.1) is 0 Å². The fourth-order valence-corrected chi connectivity index (χ4v) is 2.21. The van der Waals surface area contributed by atoms with Crippen molar-refractivity contribution >= 4 is 5.82 Å². The summed E-state index contributed by atoms with van der Waals surface area (Å²) in [5.74, 6) is 1.05. The second-order valence-corrected chi connectivity index (χ2v) is 5.11. The number of nitrogens with zero attached hydrogens (tertiary/aromatic N) is 2. The standard InChI is InChI=1S/C17H23N3/c1-4-18-12-16-6-5-11-19-17(16)20(3)13-15-9-7-14(2)8-10-15/h5-11,18H,4,12-13H2,1-3H3. The van der Waals surface area contributed by atoms with Crippen LogP contribution in [-0.4, -0.2) is 18.6 Å². The van der Waals surface area contributed by atoms with Crippen molar-refractivity contribution in [1.29, 1.82) is 0 Å². The van der Waals surface area contributed by atoms with Crippen LogP contribution in [-0.2, 0) is 13.1 Å². The first-order valence-electron chi connectivity index (χ1n) is 7.12. The van der Waals surface area contributed by atoms with Crippen LogP contribution >= 0.6 is 0 Å². The van der Waals surface area contributed by atoms with Gasteiger partial charge in [-0.25, -0.2) is 4.98 Å². The van der Waals surface area contributed by atoms with Crippen LogP contribution in [0.5, 0.6) is 0 Å². The summed E-state index contributed by atoms with van der Waals surface area (Å²) in [6, 6.07) is 12.8. The number of benzene rings is 1. The van der Waals surface area contributed by atoms with E-state index < -0.39 is 0 Å². The van der Waals surface area contributed by atoms with Crippen LogP contribution in [0.4, 0.5) is 5.82 Å². The average Bonchev–Trinajstić information content (AvgIpc) is 2.47. The average molecular weight is 269 g/mol. The third kappa shape index (κ3) is 3.81. The molecular weight excluding hydrogens is 246 g/mol. The normalized spacial score (nSPS) is 10.6. The molecule has 0 aliphatic carbocycles. The monoisotopic (exact) mass is 269 g/mol. The van der Waals surface area contributed by atoms with Crippen LogP contribution in [0.25, 0.3) is 0 Å². The van der Waals surface area contributed by atoms with E-state index in [-0.39, 0.29) is 0 Å². The van der Waals surface area contributed by atoms with E-state index in [9.17, 15) is 0 Å². The van der Waals surface area contributed by atoms with Crippen LogP contribution in [0.1, 0.15) is 23.6 Å². The second-order valence-electron chi connectivity index (χ2n) is 5.11. The van der Waals surface area contributed by atoms with Gasteiger partial charge in [-0.05, 0) is 25.1 Å². The first-order valence-corrected chi connectivity index (χ1v) is 7.12. The maximum atomic E-state index is 4.53. The molecule has 2 aromatic rings. The first kappa shape index (κ1) is 14.5. The Morgan fingerprint density at radius 1 is 1.15 bits per heavy atom. The Morgan fingerprint density at radius 2 is 1.90 bits per heavy atom. The number of anilines is 1. The van der Waals surface area contributed by atoms with E-state index in [2.05, 4.69) is 66.4 Å². The Kier molecular flexibility index (Phi) is 5.13. The van der Waals surface area contributed by atoms with Crippen LogP contribution in [0, 0.1) is 6.92 Å². The lowest BCUT2D eigenvalue weighted by atomic mass is 10.1. The van der Waals surface area contributed by atoms with Crippen LogP contribution in [0.15, 0.2) is 42.6 Å². The summed E-state index contributed by atoms with van der Waals surface area (Å²) < 4.78 is 0. The zero-order chi connectivity index (χ0) is 14.4. The van der Waals surface area contributed by atoms with Gasteiger partial charge in [0, 0.05) is 31.9 Å². The molecule has 0 atom stereocenters. The SMILES string of the molecule is CCNCc1cccnc1N(C)Cc1ccc(C)cc1. The summed E-state index contributed by atoms with van der Waals surface area (Å²) in [6.07, 6.45) is 1.86. The van der Waals surface area contributed by atoms with E-state index in [0.717, 1.165) is 25.5 Å². The van der Waals surface area contributed by atoms with E-state index in [1.54, 1.807) is 0 Å². The van der Waals surface area contributed by atoms with Crippen LogP contribution in [0.3, 0.4) is 0 Å². The lowest BCUT2D eigenvalue weighted by Crippen LogP contribution is -2.21. The fourth-order valence-electron chi connectivity index (χ4n) is 2.21. The van der Waals surface area contributed by atoms with E-state index >= 15 is 0 Å². The quantitative estimate of drug-likeness (QED) is 0.873. The molecule has 1 aromatic carbocycles. The molecule has 0 aliphatic heterocycles. The van der Waals surface area contributed by atoms with Gasteiger partial charge < -0.3 is 10.2 Å². The summed E-state index contributed by atoms with van der Waals surface area (Å²) >= 11 is 0.